The number of hydrogen-bond donors (Lipinski definition) is 2. The molecule has 0 aliphatic rings. The van der Waals surface area contributed by atoms with Crippen molar-refractivity contribution in [3.8, 4) is 0 Å². The molecule has 0 unspecified atom stereocenters. The molecule has 0 amide bonds. The second-order valence-electron chi connectivity index (χ2n) is 3.64. The fourth-order valence-corrected chi connectivity index (χ4v) is 1.47. The molecule has 94 valence electrons. The number of hydrogen-bond acceptors (Lipinski definition) is 6. The van der Waals surface area contributed by atoms with Gasteiger partial charge in [-0.05, 0) is 13.0 Å². The van der Waals surface area contributed by atoms with Gasteiger partial charge in [0.2, 0.25) is 5.89 Å². The number of aromatic nitrogens is 3. The maximum atomic E-state index is 10.9. The second-order valence-corrected chi connectivity index (χ2v) is 3.64. The second kappa shape index (κ2) is 5.26. The molecule has 0 radical (unpaired) electrons. The first-order chi connectivity index (χ1) is 8.66. The molecule has 2 heterocycles. The van der Waals surface area contributed by atoms with Gasteiger partial charge < -0.3 is 14.9 Å². The third-order valence-electron chi connectivity index (χ3n) is 2.28. The fraction of sp³-hybridized carbons (Fsp3) is 0.273. The number of aromatic carboxylic acids is 1. The SMILES string of the molecule is Cc1noc(CCNc2cnccc2C(=O)O)n1. The summed E-state index contributed by atoms with van der Waals surface area (Å²) in [6, 6.07) is 1.45. The number of carbonyl (C=O) groups is 1. The van der Waals surface area contributed by atoms with E-state index in [9.17, 15) is 4.79 Å². The summed E-state index contributed by atoms with van der Waals surface area (Å²) in [5, 5.41) is 15.6. The van der Waals surface area contributed by atoms with E-state index < -0.39 is 5.97 Å². The molecule has 0 fully saturated rings. The van der Waals surface area contributed by atoms with Crippen LogP contribution in [0.2, 0.25) is 0 Å². The third-order valence-corrected chi connectivity index (χ3v) is 2.28. The first-order valence-electron chi connectivity index (χ1n) is 5.37. The summed E-state index contributed by atoms with van der Waals surface area (Å²) in [5.41, 5.74) is 0.660. The molecule has 0 aliphatic heterocycles. The van der Waals surface area contributed by atoms with Crippen molar-refractivity contribution in [2.45, 2.75) is 13.3 Å². The topological polar surface area (TPSA) is 101 Å². The maximum Gasteiger partial charge on any atom is 0.337 e. The molecular weight excluding hydrogens is 236 g/mol. The zero-order chi connectivity index (χ0) is 13.0. The Hall–Kier alpha value is -2.44. The first-order valence-corrected chi connectivity index (χ1v) is 5.37. The summed E-state index contributed by atoms with van der Waals surface area (Å²) in [5.74, 6) is 0.104. The number of carboxylic acids is 1. The smallest absolute Gasteiger partial charge is 0.337 e. The van der Waals surface area contributed by atoms with Crippen LogP contribution in [0.1, 0.15) is 22.1 Å². The van der Waals surface area contributed by atoms with Gasteiger partial charge in [0, 0.05) is 19.2 Å². The molecule has 2 aromatic heterocycles. The normalized spacial score (nSPS) is 10.3. The molecule has 18 heavy (non-hydrogen) atoms. The number of anilines is 1. The molecule has 0 saturated heterocycles. The summed E-state index contributed by atoms with van der Waals surface area (Å²) >= 11 is 0. The van der Waals surface area contributed by atoms with Crippen LogP contribution in [0.4, 0.5) is 5.69 Å². The molecule has 0 saturated carbocycles. The molecule has 0 aromatic carbocycles. The van der Waals surface area contributed by atoms with E-state index in [-0.39, 0.29) is 5.56 Å². The zero-order valence-corrected chi connectivity index (χ0v) is 9.75. The van der Waals surface area contributed by atoms with E-state index in [1.54, 1.807) is 6.92 Å². The Morgan fingerprint density at radius 2 is 2.39 bits per heavy atom. The van der Waals surface area contributed by atoms with Crippen LogP contribution in [-0.2, 0) is 6.42 Å². The molecular formula is C11H12N4O3. The predicted molar refractivity (Wildman–Crippen MR) is 62.4 cm³/mol. The Bertz CT molecular complexity index is 553. The third kappa shape index (κ3) is 2.82. The van der Waals surface area contributed by atoms with Crippen LogP contribution in [0, 0.1) is 6.92 Å². The van der Waals surface area contributed by atoms with E-state index in [4.69, 9.17) is 9.63 Å². The minimum absolute atomic E-state index is 0.187. The summed E-state index contributed by atoms with van der Waals surface area (Å²) < 4.78 is 4.95. The summed E-state index contributed by atoms with van der Waals surface area (Å²) in [6.07, 6.45) is 3.44. The van der Waals surface area contributed by atoms with Gasteiger partial charge in [-0.25, -0.2) is 4.79 Å². The highest BCUT2D eigenvalue weighted by molar-refractivity contribution is 5.93. The van der Waals surface area contributed by atoms with E-state index in [1.165, 1.54) is 18.5 Å². The molecule has 2 rings (SSSR count). The van der Waals surface area contributed by atoms with Crippen LogP contribution >= 0.6 is 0 Å². The van der Waals surface area contributed by atoms with Crippen molar-refractivity contribution in [3.63, 3.8) is 0 Å². The van der Waals surface area contributed by atoms with Gasteiger partial charge in [-0.3, -0.25) is 4.98 Å². The Morgan fingerprint density at radius 3 is 3.06 bits per heavy atom. The number of nitrogens with one attached hydrogen (secondary N) is 1. The zero-order valence-electron chi connectivity index (χ0n) is 9.75. The highest BCUT2D eigenvalue weighted by Gasteiger charge is 2.09. The number of carboxylic acid groups (broad SMARTS) is 1. The van der Waals surface area contributed by atoms with Gasteiger partial charge in [-0.1, -0.05) is 5.16 Å². The van der Waals surface area contributed by atoms with Gasteiger partial charge in [0.25, 0.3) is 0 Å². The highest BCUT2D eigenvalue weighted by atomic mass is 16.5. The van der Waals surface area contributed by atoms with Crippen molar-refractivity contribution >= 4 is 11.7 Å². The fourth-order valence-electron chi connectivity index (χ4n) is 1.47. The molecule has 2 aromatic rings. The Kier molecular flexibility index (Phi) is 3.52. The number of aryl methyl sites for hydroxylation is 1. The van der Waals surface area contributed by atoms with Crippen LogP contribution in [0.3, 0.4) is 0 Å². The Balaban J connectivity index is 1.96. The minimum Gasteiger partial charge on any atom is -0.478 e. The van der Waals surface area contributed by atoms with E-state index in [1.807, 2.05) is 0 Å². The molecule has 7 nitrogen and oxygen atoms in total. The van der Waals surface area contributed by atoms with Gasteiger partial charge in [0.1, 0.15) is 0 Å². The van der Waals surface area contributed by atoms with Crippen molar-refractivity contribution in [3.05, 3.63) is 35.7 Å². The molecule has 0 spiro atoms. The lowest BCUT2D eigenvalue weighted by molar-refractivity contribution is 0.0698. The van der Waals surface area contributed by atoms with Crippen molar-refractivity contribution < 1.29 is 14.4 Å². The molecule has 2 N–H and O–H groups in total. The van der Waals surface area contributed by atoms with E-state index >= 15 is 0 Å². The minimum atomic E-state index is -0.992. The summed E-state index contributed by atoms with van der Waals surface area (Å²) in [4.78, 5) is 18.9. The molecule has 0 bridgehead atoms. The lowest BCUT2D eigenvalue weighted by atomic mass is 10.2. The van der Waals surface area contributed by atoms with E-state index in [0.29, 0.717) is 30.4 Å². The van der Waals surface area contributed by atoms with Gasteiger partial charge in [-0.15, -0.1) is 0 Å². The van der Waals surface area contributed by atoms with Gasteiger partial charge in [-0.2, -0.15) is 4.98 Å². The van der Waals surface area contributed by atoms with E-state index in [2.05, 4.69) is 20.4 Å². The van der Waals surface area contributed by atoms with Gasteiger partial charge >= 0.3 is 5.97 Å². The standard InChI is InChI=1S/C11H12N4O3/c1-7-14-10(18-15-7)3-5-13-9-6-12-4-2-8(9)11(16)17/h2,4,6,13H,3,5H2,1H3,(H,16,17). The number of pyridine rings is 1. The number of nitrogens with zero attached hydrogens (tertiary/aromatic N) is 3. The largest absolute Gasteiger partial charge is 0.478 e. The molecule has 0 atom stereocenters. The van der Waals surface area contributed by atoms with Gasteiger partial charge in [0.05, 0.1) is 17.4 Å². The predicted octanol–water partition coefficient (Wildman–Crippen LogP) is 1.13. The van der Waals surface area contributed by atoms with Crippen molar-refractivity contribution in [2.24, 2.45) is 0 Å². The summed E-state index contributed by atoms with van der Waals surface area (Å²) in [6.45, 7) is 2.23. The van der Waals surface area contributed by atoms with Crippen LogP contribution in [0.5, 0.6) is 0 Å². The first kappa shape index (κ1) is 12.0. The lowest BCUT2D eigenvalue weighted by Gasteiger charge is -2.06. The molecule has 0 aliphatic carbocycles. The van der Waals surface area contributed by atoms with Crippen molar-refractivity contribution in [2.75, 3.05) is 11.9 Å². The van der Waals surface area contributed by atoms with E-state index in [0.717, 1.165) is 0 Å². The number of rotatable bonds is 5. The van der Waals surface area contributed by atoms with Crippen LogP contribution in [-0.4, -0.2) is 32.7 Å². The van der Waals surface area contributed by atoms with Crippen molar-refractivity contribution in [1.82, 2.24) is 15.1 Å². The average Bonchev–Trinajstić information content (AvgIpc) is 2.75. The van der Waals surface area contributed by atoms with Crippen LogP contribution in [0.25, 0.3) is 0 Å². The Labute approximate surface area is 103 Å². The molecule has 7 heteroatoms. The summed E-state index contributed by atoms with van der Waals surface area (Å²) in [7, 11) is 0. The highest BCUT2D eigenvalue weighted by Crippen LogP contribution is 2.13. The lowest BCUT2D eigenvalue weighted by Crippen LogP contribution is -2.10. The van der Waals surface area contributed by atoms with Crippen LogP contribution < -0.4 is 5.32 Å². The van der Waals surface area contributed by atoms with Crippen molar-refractivity contribution in [1.29, 1.82) is 0 Å². The van der Waals surface area contributed by atoms with Gasteiger partial charge in [0.15, 0.2) is 5.82 Å². The average molecular weight is 248 g/mol. The van der Waals surface area contributed by atoms with Crippen LogP contribution in [0.15, 0.2) is 23.0 Å². The quantitative estimate of drug-likeness (QED) is 0.817. The Morgan fingerprint density at radius 1 is 1.56 bits per heavy atom. The maximum absolute atomic E-state index is 10.9. The monoisotopic (exact) mass is 248 g/mol.